The molecule has 0 spiro atoms. The van der Waals surface area contributed by atoms with Gasteiger partial charge in [-0.25, -0.2) is 0 Å². The number of carbonyl (C=O) groups is 1. The van der Waals surface area contributed by atoms with Gasteiger partial charge in [0.25, 0.3) is 5.91 Å². The number of carbonyl (C=O) groups excluding carboxylic acids is 1. The van der Waals surface area contributed by atoms with Crippen molar-refractivity contribution in [1.82, 2.24) is 4.90 Å². The minimum Gasteiger partial charge on any atom is -0.372 e. The first-order chi connectivity index (χ1) is 11.9. The van der Waals surface area contributed by atoms with Crippen molar-refractivity contribution in [2.24, 2.45) is 0 Å². The lowest BCUT2D eigenvalue weighted by Gasteiger charge is -2.32. The molecule has 1 aliphatic rings. The Morgan fingerprint density at radius 2 is 2.00 bits per heavy atom. The number of benzene rings is 1. The number of alkyl halides is 3. The molecule has 0 bridgehead atoms. The largest absolute Gasteiger partial charge is 0.416 e. The van der Waals surface area contributed by atoms with Crippen molar-refractivity contribution in [2.75, 3.05) is 13.1 Å². The Morgan fingerprint density at radius 3 is 2.64 bits per heavy atom. The van der Waals surface area contributed by atoms with Gasteiger partial charge in [0.2, 0.25) is 0 Å². The van der Waals surface area contributed by atoms with Crippen LogP contribution in [0.15, 0.2) is 41.8 Å². The third-order valence-electron chi connectivity index (χ3n) is 4.16. The second kappa shape index (κ2) is 7.58. The van der Waals surface area contributed by atoms with Crippen LogP contribution in [-0.2, 0) is 17.5 Å². The highest BCUT2D eigenvalue weighted by Crippen LogP contribution is 2.29. The molecule has 7 heteroatoms. The van der Waals surface area contributed by atoms with Crippen molar-refractivity contribution in [1.29, 1.82) is 0 Å². The van der Waals surface area contributed by atoms with Gasteiger partial charge in [-0.3, -0.25) is 4.79 Å². The molecule has 3 rings (SSSR count). The van der Waals surface area contributed by atoms with Gasteiger partial charge in [-0.1, -0.05) is 18.2 Å². The molecular formula is C18H18F3NO2S. The molecule has 3 nitrogen and oxygen atoms in total. The molecule has 25 heavy (non-hydrogen) atoms. The maximum absolute atomic E-state index is 12.6. The summed E-state index contributed by atoms with van der Waals surface area (Å²) in [6.45, 7) is 1.46. The van der Waals surface area contributed by atoms with Gasteiger partial charge in [-0.2, -0.15) is 13.2 Å². The highest BCUT2D eigenvalue weighted by molar-refractivity contribution is 7.12. The molecule has 1 aromatic carbocycles. The molecule has 2 aromatic rings. The Morgan fingerprint density at radius 1 is 1.24 bits per heavy atom. The fourth-order valence-corrected chi connectivity index (χ4v) is 3.51. The molecule has 1 saturated heterocycles. The van der Waals surface area contributed by atoms with Crippen LogP contribution in [0.3, 0.4) is 0 Å². The summed E-state index contributed by atoms with van der Waals surface area (Å²) in [5.41, 5.74) is 0.0244. The molecule has 1 unspecified atom stereocenters. The van der Waals surface area contributed by atoms with Crippen molar-refractivity contribution in [2.45, 2.75) is 31.7 Å². The lowest BCUT2D eigenvalue weighted by atomic mass is 10.1. The van der Waals surface area contributed by atoms with Crippen LogP contribution in [0.1, 0.15) is 33.6 Å². The van der Waals surface area contributed by atoms with Gasteiger partial charge in [-0.15, -0.1) is 11.3 Å². The fraction of sp³-hybridized carbons (Fsp3) is 0.389. The van der Waals surface area contributed by atoms with Gasteiger partial charge in [0.15, 0.2) is 0 Å². The Balaban J connectivity index is 1.54. The van der Waals surface area contributed by atoms with Crippen molar-refractivity contribution < 1.29 is 22.7 Å². The number of thiophene rings is 1. The summed E-state index contributed by atoms with van der Waals surface area (Å²) in [5, 5.41) is 1.87. The molecular weight excluding hydrogens is 351 g/mol. The van der Waals surface area contributed by atoms with E-state index < -0.39 is 11.7 Å². The van der Waals surface area contributed by atoms with Crippen LogP contribution in [0.25, 0.3) is 0 Å². The monoisotopic (exact) mass is 369 g/mol. The minimum atomic E-state index is -4.33. The Kier molecular flexibility index (Phi) is 5.44. The van der Waals surface area contributed by atoms with Gasteiger partial charge in [0.05, 0.1) is 23.2 Å². The van der Waals surface area contributed by atoms with Gasteiger partial charge >= 0.3 is 6.18 Å². The van der Waals surface area contributed by atoms with E-state index in [1.165, 1.54) is 23.5 Å². The molecule has 1 aromatic heterocycles. The second-order valence-corrected chi connectivity index (χ2v) is 6.95. The van der Waals surface area contributed by atoms with E-state index in [0.717, 1.165) is 25.0 Å². The fourth-order valence-electron chi connectivity index (χ4n) is 2.82. The van der Waals surface area contributed by atoms with Crippen LogP contribution < -0.4 is 0 Å². The molecule has 0 saturated carbocycles. The third-order valence-corrected chi connectivity index (χ3v) is 5.02. The summed E-state index contributed by atoms with van der Waals surface area (Å²) in [6.07, 6.45) is -2.73. The topological polar surface area (TPSA) is 29.5 Å². The summed E-state index contributed by atoms with van der Waals surface area (Å²) in [4.78, 5) is 14.9. The lowest BCUT2D eigenvalue weighted by molar-refractivity contribution is -0.137. The van der Waals surface area contributed by atoms with Crippen LogP contribution in [0, 0.1) is 0 Å². The molecule has 1 aliphatic heterocycles. The summed E-state index contributed by atoms with van der Waals surface area (Å²) in [5.74, 6) is 0.0119. The maximum Gasteiger partial charge on any atom is 0.416 e. The van der Waals surface area contributed by atoms with Crippen LogP contribution in [-0.4, -0.2) is 30.0 Å². The summed E-state index contributed by atoms with van der Waals surface area (Å²) < 4.78 is 43.5. The van der Waals surface area contributed by atoms with E-state index in [2.05, 4.69) is 0 Å². The minimum absolute atomic E-state index is 0.0119. The first-order valence-corrected chi connectivity index (χ1v) is 8.92. The number of piperidine rings is 1. The zero-order chi connectivity index (χ0) is 17.9. The zero-order valence-corrected chi connectivity index (χ0v) is 14.3. The average molecular weight is 369 g/mol. The highest BCUT2D eigenvalue weighted by atomic mass is 32.1. The quantitative estimate of drug-likeness (QED) is 0.789. The predicted octanol–water partition coefficient (Wildman–Crippen LogP) is 4.59. The average Bonchev–Trinajstić information content (AvgIpc) is 3.14. The first-order valence-electron chi connectivity index (χ1n) is 8.04. The summed E-state index contributed by atoms with van der Waals surface area (Å²) >= 11 is 1.42. The lowest BCUT2D eigenvalue weighted by Crippen LogP contribution is -2.42. The molecule has 0 radical (unpaired) electrons. The summed E-state index contributed by atoms with van der Waals surface area (Å²) in [6, 6.07) is 8.64. The number of ether oxygens (including phenoxy) is 1. The normalized spacial score (nSPS) is 18.4. The van der Waals surface area contributed by atoms with Gasteiger partial charge in [-0.05, 0) is 42.0 Å². The SMILES string of the molecule is O=C(c1cccs1)N1CCCC(OCc2ccc(C(F)(F)F)cc2)C1. The number of nitrogens with zero attached hydrogens (tertiary/aromatic N) is 1. The van der Waals surface area contributed by atoms with E-state index in [0.29, 0.717) is 23.5 Å². The van der Waals surface area contributed by atoms with Gasteiger partial charge in [0, 0.05) is 13.1 Å². The van der Waals surface area contributed by atoms with Crippen LogP contribution >= 0.6 is 11.3 Å². The molecule has 134 valence electrons. The predicted molar refractivity (Wildman–Crippen MR) is 89.5 cm³/mol. The van der Waals surface area contributed by atoms with Crippen LogP contribution in [0.5, 0.6) is 0 Å². The Labute approximate surface area is 148 Å². The first kappa shape index (κ1) is 17.9. The molecule has 1 atom stereocenters. The van der Waals surface area contributed by atoms with Crippen LogP contribution in [0.2, 0.25) is 0 Å². The Hall–Kier alpha value is -1.86. The molecule has 1 amide bonds. The summed E-state index contributed by atoms with van der Waals surface area (Å²) in [7, 11) is 0. The molecule has 1 fully saturated rings. The van der Waals surface area contributed by atoms with Crippen molar-refractivity contribution in [3.8, 4) is 0 Å². The third kappa shape index (κ3) is 4.61. The van der Waals surface area contributed by atoms with Crippen molar-refractivity contribution in [3.05, 3.63) is 57.8 Å². The molecule has 0 aliphatic carbocycles. The molecule has 0 N–H and O–H groups in total. The van der Waals surface area contributed by atoms with E-state index in [4.69, 9.17) is 4.74 Å². The van der Waals surface area contributed by atoms with E-state index in [1.807, 2.05) is 11.4 Å². The van der Waals surface area contributed by atoms with E-state index in [9.17, 15) is 18.0 Å². The number of halogens is 3. The maximum atomic E-state index is 12.6. The van der Waals surface area contributed by atoms with Gasteiger partial charge in [0.1, 0.15) is 0 Å². The number of amides is 1. The van der Waals surface area contributed by atoms with Crippen molar-refractivity contribution >= 4 is 17.2 Å². The van der Waals surface area contributed by atoms with E-state index in [1.54, 1.807) is 11.0 Å². The number of likely N-dealkylation sites (tertiary alicyclic amines) is 1. The van der Waals surface area contributed by atoms with E-state index in [-0.39, 0.29) is 18.6 Å². The van der Waals surface area contributed by atoms with Crippen LogP contribution in [0.4, 0.5) is 13.2 Å². The highest BCUT2D eigenvalue weighted by Gasteiger charge is 2.30. The number of rotatable bonds is 4. The number of hydrogen-bond acceptors (Lipinski definition) is 3. The van der Waals surface area contributed by atoms with Gasteiger partial charge < -0.3 is 9.64 Å². The second-order valence-electron chi connectivity index (χ2n) is 6.00. The Bertz CT molecular complexity index is 698. The zero-order valence-electron chi connectivity index (χ0n) is 13.5. The van der Waals surface area contributed by atoms with Crippen molar-refractivity contribution in [3.63, 3.8) is 0 Å². The standard InChI is InChI=1S/C18H18F3NO2S/c19-18(20,21)14-7-5-13(6-8-14)12-24-15-3-1-9-22(11-15)17(23)16-4-2-10-25-16/h2,4-8,10,15H,1,3,9,11-12H2. The number of hydrogen-bond donors (Lipinski definition) is 0. The van der Waals surface area contributed by atoms with E-state index >= 15 is 0 Å². The molecule has 2 heterocycles. The smallest absolute Gasteiger partial charge is 0.372 e.